The van der Waals surface area contributed by atoms with E-state index in [1.165, 1.54) is 0 Å². The number of hydrogen-bond acceptors (Lipinski definition) is 4. The second-order valence-corrected chi connectivity index (χ2v) is 5.52. The first kappa shape index (κ1) is 15.1. The van der Waals surface area contributed by atoms with Crippen molar-refractivity contribution in [2.24, 2.45) is 4.99 Å². The number of ether oxygens (including phenoxy) is 1. The molecule has 2 aromatic rings. The quantitative estimate of drug-likeness (QED) is 0.947. The van der Waals surface area contributed by atoms with E-state index in [0.717, 1.165) is 28.3 Å². The molecule has 0 bridgehead atoms. The maximum Gasteiger partial charge on any atom is 0.255 e. The van der Waals surface area contributed by atoms with Gasteiger partial charge in [0.05, 0.1) is 12.8 Å². The van der Waals surface area contributed by atoms with Gasteiger partial charge in [0, 0.05) is 11.8 Å². The van der Waals surface area contributed by atoms with Crippen LogP contribution >= 0.6 is 0 Å². The Kier molecular flexibility index (Phi) is 4.02. The van der Waals surface area contributed by atoms with Crippen LogP contribution in [-0.4, -0.2) is 25.5 Å². The molecule has 5 heteroatoms. The summed E-state index contributed by atoms with van der Waals surface area (Å²) >= 11 is 0. The first-order valence-corrected chi connectivity index (χ1v) is 7.44. The Morgan fingerprint density at radius 3 is 2.78 bits per heavy atom. The van der Waals surface area contributed by atoms with E-state index in [9.17, 15) is 4.79 Å². The molecule has 23 heavy (non-hydrogen) atoms. The third-order valence-corrected chi connectivity index (χ3v) is 3.76. The van der Waals surface area contributed by atoms with Crippen molar-refractivity contribution >= 4 is 23.2 Å². The predicted molar refractivity (Wildman–Crippen MR) is 92.3 cm³/mol. The Balaban J connectivity index is 1.92. The van der Waals surface area contributed by atoms with Crippen molar-refractivity contribution < 1.29 is 9.53 Å². The molecular formula is C18H19N3O2. The van der Waals surface area contributed by atoms with Crippen LogP contribution in [0.2, 0.25) is 0 Å². The van der Waals surface area contributed by atoms with Crippen LogP contribution in [0.5, 0.6) is 5.75 Å². The van der Waals surface area contributed by atoms with E-state index in [0.29, 0.717) is 5.96 Å². The topological polar surface area (TPSA) is 53.9 Å². The van der Waals surface area contributed by atoms with E-state index in [1.54, 1.807) is 12.0 Å². The fourth-order valence-electron chi connectivity index (χ4n) is 2.54. The van der Waals surface area contributed by atoms with Crippen LogP contribution in [0, 0.1) is 13.8 Å². The molecule has 0 aromatic heterocycles. The summed E-state index contributed by atoms with van der Waals surface area (Å²) in [7, 11) is 1.62. The van der Waals surface area contributed by atoms with Crippen LogP contribution in [0.15, 0.2) is 47.5 Å². The number of hydrogen-bond donors (Lipinski definition) is 1. The summed E-state index contributed by atoms with van der Waals surface area (Å²) in [4.78, 5) is 18.3. The van der Waals surface area contributed by atoms with Crippen molar-refractivity contribution in [3.8, 4) is 5.75 Å². The smallest absolute Gasteiger partial charge is 0.255 e. The molecule has 0 spiro atoms. The van der Waals surface area contributed by atoms with Gasteiger partial charge in [-0.3, -0.25) is 4.79 Å². The minimum atomic E-state index is -0.0379. The standard InChI is InChI=1S/C18H19N3O2/c1-12-7-8-13(2)16(9-12)21-17(22)11-19-18(21)20-14-5-4-6-15(10-14)23-3/h4-10H,11H2,1-3H3,(H,19,20). The number of aryl methyl sites for hydroxylation is 2. The molecule has 0 unspecified atom stereocenters. The van der Waals surface area contributed by atoms with E-state index in [1.807, 2.05) is 56.3 Å². The SMILES string of the molecule is COc1cccc(NC2=NCC(=O)N2c2cc(C)ccc2C)c1. The van der Waals surface area contributed by atoms with Gasteiger partial charge < -0.3 is 10.1 Å². The molecule has 0 atom stereocenters. The molecular weight excluding hydrogens is 290 g/mol. The van der Waals surface area contributed by atoms with Crippen LogP contribution in [0.25, 0.3) is 0 Å². The summed E-state index contributed by atoms with van der Waals surface area (Å²) in [6, 6.07) is 13.6. The van der Waals surface area contributed by atoms with Gasteiger partial charge in [0.25, 0.3) is 5.91 Å². The molecule has 0 fully saturated rings. The lowest BCUT2D eigenvalue weighted by molar-refractivity contribution is -0.115. The Morgan fingerprint density at radius 2 is 2.00 bits per heavy atom. The molecule has 5 nitrogen and oxygen atoms in total. The van der Waals surface area contributed by atoms with Crippen molar-refractivity contribution in [3.05, 3.63) is 53.6 Å². The maximum absolute atomic E-state index is 12.3. The lowest BCUT2D eigenvalue weighted by atomic mass is 10.1. The fraction of sp³-hybridized carbons (Fsp3) is 0.222. The molecule has 1 aliphatic rings. The molecule has 0 radical (unpaired) electrons. The third-order valence-electron chi connectivity index (χ3n) is 3.76. The Hall–Kier alpha value is -2.82. The fourth-order valence-corrected chi connectivity index (χ4v) is 2.54. The van der Waals surface area contributed by atoms with Crippen molar-refractivity contribution in [1.29, 1.82) is 0 Å². The highest BCUT2D eigenvalue weighted by Gasteiger charge is 2.28. The van der Waals surface area contributed by atoms with Crippen molar-refractivity contribution in [1.82, 2.24) is 0 Å². The molecule has 1 amide bonds. The molecule has 0 saturated carbocycles. The van der Waals surface area contributed by atoms with Gasteiger partial charge in [-0.05, 0) is 43.2 Å². The van der Waals surface area contributed by atoms with E-state index >= 15 is 0 Å². The van der Waals surface area contributed by atoms with Crippen LogP contribution in [0.3, 0.4) is 0 Å². The Bertz CT molecular complexity index is 784. The van der Waals surface area contributed by atoms with E-state index in [2.05, 4.69) is 10.3 Å². The number of rotatable bonds is 3. The molecule has 0 saturated heterocycles. The monoisotopic (exact) mass is 309 g/mol. The number of aliphatic imine (C=N–C) groups is 1. The molecule has 1 heterocycles. The number of amides is 1. The van der Waals surface area contributed by atoms with Gasteiger partial charge in [0.15, 0.2) is 0 Å². The Labute approximate surface area is 135 Å². The van der Waals surface area contributed by atoms with E-state index in [4.69, 9.17) is 4.74 Å². The molecule has 1 aliphatic heterocycles. The molecule has 118 valence electrons. The third kappa shape index (κ3) is 3.04. The van der Waals surface area contributed by atoms with Gasteiger partial charge in [-0.1, -0.05) is 18.2 Å². The number of methoxy groups -OCH3 is 1. The number of anilines is 2. The summed E-state index contributed by atoms with van der Waals surface area (Å²) in [5.74, 6) is 1.25. The molecule has 1 N–H and O–H groups in total. The number of carbonyl (C=O) groups excluding carboxylic acids is 1. The molecule has 3 rings (SSSR count). The highest BCUT2D eigenvalue weighted by Crippen LogP contribution is 2.26. The number of guanidine groups is 1. The maximum atomic E-state index is 12.3. The van der Waals surface area contributed by atoms with Gasteiger partial charge in [-0.15, -0.1) is 0 Å². The highest BCUT2D eigenvalue weighted by molar-refractivity contribution is 6.25. The normalized spacial score (nSPS) is 14.0. The summed E-state index contributed by atoms with van der Waals surface area (Å²) in [6.45, 7) is 4.15. The predicted octanol–water partition coefficient (Wildman–Crippen LogP) is 3.13. The van der Waals surface area contributed by atoms with Crippen molar-refractivity contribution in [2.45, 2.75) is 13.8 Å². The average Bonchev–Trinajstić information content (AvgIpc) is 2.90. The van der Waals surface area contributed by atoms with E-state index in [-0.39, 0.29) is 12.5 Å². The molecule has 0 aliphatic carbocycles. The van der Waals surface area contributed by atoms with Crippen LogP contribution in [-0.2, 0) is 4.79 Å². The van der Waals surface area contributed by atoms with Gasteiger partial charge in [0.1, 0.15) is 12.3 Å². The average molecular weight is 309 g/mol. The van der Waals surface area contributed by atoms with Crippen LogP contribution in [0.1, 0.15) is 11.1 Å². The Morgan fingerprint density at radius 1 is 1.17 bits per heavy atom. The number of benzene rings is 2. The second-order valence-electron chi connectivity index (χ2n) is 5.52. The van der Waals surface area contributed by atoms with Crippen LogP contribution < -0.4 is 15.0 Å². The van der Waals surface area contributed by atoms with Crippen molar-refractivity contribution in [3.63, 3.8) is 0 Å². The zero-order valence-electron chi connectivity index (χ0n) is 13.5. The summed E-state index contributed by atoms with van der Waals surface area (Å²) in [5, 5.41) is 3.22. The van der Waals surface area contributed by atoms with E-state index < -0.39 is 0 Å². The zero-order valence-corrected chi connectivity index (χ0v) is 13.5. The van der Waals surface area contributed by atoms with Gasteiger partial charge >= 0.3 is 0 Å². The highest BCUT2D eigenvalue weighted by atomic mass is 16.5. The number of carbonyl (C=O) groups is 1. The second kappa shape index (κ2) is 6.12. The summed E-state index contributed by atoms with van der Waals surface area (Å²) < 4.78 is 5.23. The number of nitrogens with zero attached hydrogens (tertiary/aromatic N) is 2. The first-order chi connectivity index (χ1) is 11.1. The lowest BCUT2D eigenvalue weighted by Gasteiger charge is -2.22. The van der Waals surface area contributed by atoms with Gasteiger partial charge in [0.2, 0.25) is 5.96 Å². The molecule has 2 aromatic carbocycles. The zero-order chi connectivity index (χ0) is 16.4. The lowest BCUT2D eigenvalue weighted by Crippen LogP contribution is -2.37. The largest absolute Gasteiger partial charge is 0.497 e. The van der Waals surface area contributed by atoms with Gasteiger partial charge in [-0.25, -0.2) is 9.89 Å². The first-order valence-electron chi connectivity index (χ1n) is 7.44. The summed E-state index contributed by atoms with van der Waals surface area (Å²) in [6.07, 6.45) is 0. The minimum absolute atomic E-state index is 0.0379. The number of nitrogens with one attached hydrogen (secondary N) is 1. The van der Waals surface area contributed by atoms with Crippen LogP contribution in [0.4, 0.5) is 11.4 Å². The van der Waals surface area contributed by atoms with Crippen molar-refractivity contribution in [2.75, 3.05) is 23.9 Å². The summed E-state index contributed by atoms with van der Waals surface area (Å²) in [5.41, 5.74) is 3.83. The minimum Gasteiger partial charge on any atom is -0.497 e. The van der Waals surface area contributed by atoms with Gasteiger partial charge in [-0.2, -0.15) is 0 Å².